The Bertz CT molecular complexity index is 621. The molecule has 25 heavy (non-hydrogen) atoms. The van der Waals surface area contributed by atoms with E-state index in [1.54, 1.807) is 4.90 Å². The van der Waals surface area contributed by atoms with Crippen molar-refractivity contribution in [3.8, 4) is 0 Å². The fourth-order valence-electron chi connectivity index (χ4n) is 3.51. The number of thioether (sulfide) groups is 1. The lowest BCUT2D eigenvalue weighted by atomic mass is 9.84. The molecule has 1 aliphatic rings. The lowest BCUT2D eigenvalue weighted by Gasteiger charge is -2.30. The van der Waals surface area contributed by atoms with Crippen LogP contribution in [-0.2, 0) is 9.59 Å². The molecule has 0 aromatic heterocycles. The van der Waals surface area contributed by atoms with E-state index in [1.165, 1.54) is 11.8 Å². The minimum absolute atomic E-state index is 0.0558. The van der Waals surface area contributed by atoms with Gasteiger partial charge >= 0.3 is 5.97 Å². The molecule has 1 aliphatic heterocycles. The van der Waals surface area contributed by atoms with Crippen LogP contribution >= 0.6 is 11.8 Å². The van der Waals surface area contributed by atoms with Gasteiger partial charge < -0.3 is 10.0 Å². The predicted octanol–water partition coefficient (Wildman–Crippen LogP) is 4.48. The summed E-state index contributed by atoms with van der Waals surface area (Å²) in [5.74, 6) is -0.308. The van der Waals surface area contributed by atoms with Gasteiger partial charge in [-0.3, -0.25) is 4.79 Å². The fraction of sp³-hybridized carbons (Fsp3) is 0.600. The van der Waals surface area contributed by atoms with E-state index in [4.69, 9.17) is 0 Å². The average Bonchev–Trinajstić information content (AvgIpc) is 2.91. The number of aliphatic carboxylic acids is 1. The van der Waals surface area contributed by atoms with Crippen LogP contribution in [0.1, 0.15) is 57.0 Å². The Morgan fingerprint density at radius 2 is 1.88 bits per heavy atom. The zero-order valence-electron chi connectivity index (χ0n) is 15.8. The van der Waals surface area contributed by atoms with E-state index in [0.29, 0.717) is 12.2 Å². The van der Waals surface area contributed by atoms with Gasteiger partial charge in [0.1, 0.15) is 11.4 Å². The summed E-state index contributed by atoms with van der Waals surface area (Å²) in [6.07, 6.45) is 1.33. The molecule has 4 nitrogen and oxygen atoms in total. The molecule has 0 aliphatic carbocycles. The molecule has 138 valence electrons. The van der Waals surface area contributed by atoms with Crippen molar-refractivity contribution in [2.45, 2.75) is 58.9 Å². The van der Waals surface area contributed by atoms with Crippen molar-refractivity contribution in [2.75, 3.05) is 5.75 Å². The Labute approximate surface area is 155 Å². The molecule has 1 aromatic rings. The van der Waals surface area contributed by atoms with Crippen molar-refractivity contribution in [1.82, 2.24) is 4.90 Å². The third-order valence-corrected chi connectivity index (χ3v) is 5.74. The standard InChI is InChI=1S/C20H29NO3S/c1-13-6-8-15(9-7-13)18-21(16(12-25-18)19(23)24)17(22)10-14(2)11-20(3,4)5/h6-9,14,16,18H,10-12H2,1-5H3,(H,23,24). The van der Waals surface area contributed by atoms with E-state index in [-0.39, 0.29) is 22.6 Å². The number of benzene rings is 1. The number of hydrogen-bond donors (Lipinski definition) is 1. The van der Waals surface area contributed by atoms with Gasteiger partial charge in [0.05, 0.1) is 0 Å². The van der Waals surface area contributed by atoms with Gasteiger partial charge in [-0.25, -0.2) is 4.79 Å². The summed E-state index contributed by atoms with van der Waals surface area (Å²) in [5.41, 5.74) is 2.30. The molecule has 1 N–H and O–H groups in total. The van der Waals surface area contributed by atoms with Crippen LogP contribution in [0.15, 0.2) is 24.3 Å². The first-order valence-electron chi connectivity index (χ1n) is 8.80. The number of aryl methyl sites for hydroxylation is 1. The number of amides is 1. The smallest absolute Gasteiger partial charge is 0.327 e. The molecule has 1 saturated heterocycles. The Hall–Kier alpha value is -1.49. The van der Waals surface area contributed by atoms with Crippen LogP contribution in [0.2, 0.25) is 0 Å². The van der Waals surface area contributed by atoms with Crippen molar-refractivity contribution in [1.29, 1.82) is 0 Å². The predicted molar refractivity (Wildman–Crippen MR) is 103 cm³/mol. The van der Waals surface area contributed by atoms with Gasteiger partial charge in [0.15, 0.2) is 0 Å². The Kier molecular flexibility index (Phi) is 6.20. The van der Waals surface area contributed by atoms with Gasteiger partial charge in [-0.15, -0.1) is 11.8 Å². The molecule has 1 amide bonds. The highest BCUT2D eigenvalue weighted by Crippen LogP contribution is 2.42. The van der Waals surface area contributed by atoms with E-state index >= 15 is 0 Å². The molecule has 5 heteroatoms. The van der Waals surface area contributed by atoms with Crippen molar-refractivity contribution in [2.24, 2.45) is 11.3 Å². The van der Waals surface area contributed by atoms with Gasteiger partial charge in [-0.1, -0.05) is 57.5 Å². The maximum absolute atomic E-state index is 13.0. The molecule has 1 aromatic carbocycles. The molecule has 3 atom stereocenters. The highest BCUT2D eigenvalue weighted by atomic mass is 32.2. The van der Waals surface area contributed by atoms with Gasteiger partial charge in [0, 0.05) is 12.2 Å². The summed E-state index contributed by atoms with van der Waals surface area (Å²) < 4.78 is 0. The summed E-state index contributed by atoms with van der Waals surface area (Å²) in [5, 5.41) is 9.34. The van der Waals surface area contributed by atoms with E-state index in [1.807, 2.05) is 31.2 Å². The van der Waals surface area contributed by atoms with E-state index in [2.05, 4.69) is 27.7 Å². The van der Waals surface area contributed by atoms with Crippen molar-refractivity contribution >= 4 is 23.6 Å². The third kappa shape index (κ3) is 5.24. The molecule has 1 heterocycles. The topological polar surface area (TPSA) is 57.6 Å². The first kappa shape index (κ1) is 19.8. The van der Waals surface area contributed by atoms with Crippen LogP contribution in [-0.4, -0.2) is 33.7 Å². The Morgan fingerprint density at radius 3 is 2.40 bits per heavy atom. The second-order valence-electron chi connectivity index (χ2n) is 8.33. The van der Waals surface area contributed by atoms with E-state index < -0.39 is 12.0 Å². The highest BCUT2D eigenvalue weighted by Gasteiger charge is 2.42. The SMILES string of the molecule is Cc1ccc(C2SCC(C(=O)O)N2C(=O)CC(C)CC(C)(C)C)cc1. The monoisotopic (exact) mass is 363 g/mol. The first-order valence-corrected chi connectivity index (χ1v) is 9.85. The van der Waals surface area contributed by atoms with Crippen LogP contribution in [0.5, 0.6) is 0 Å². The zero-order chi connectivity index (χ0) is 18.8. The van der Waals surface area contributed by atoms with Gasteiger partial charge in [0.2, 0.25) is 5.91 Å². The number of carbonyl (C=O) groups excluding carboxylic acids is 1. The maximum atomic E-state index is 13.0. The molecule has 0 radical (unpaired) electrons. The minimum atomic E-state index is -0.918. The van der Waals surface area contributed by atoms with Crippen LogP contribution in [0.25, 0.3) is 0 Å². The summed E-state index contributed by atoms with van der Waals surface area (Å²) in [7, 11) is 0. The molecule has 3 unspecified atom stereocenters. The number of rotatable bonds is 5. The first-order chi connectivity index (χ1) is 11.6. The summed E-state index contributed by atoms with van der Waals surface area (Å²) in [6.45, 7) is 10.6. The Balaban J connectivity index is 2.19. The Morgan fingerprint density at radius 1 is 1.28 bits per heavy atom. The maximum Gasteiger partial charge on any atom is 0.327 e. The number of nitrogens with zero attached hydrogens (tertiary/aromatic N) is 1. The number of carboxylic acids is 1. The van der Waals surface area contributed by atoms with Gasteiger partial charge in [-0.05, 0) is 30.2 Å². The summed E-state index contributed by atoms with van der Waals surface area (Å²) >= 11 is 1.54. The second-order valence-corrected chi connectivity index (χ2v) is 9.44. The second kappa shape index (κ2) is 7.81. The largest absolute Gasteiger partial charge is 0.480 e. The van der Waals surface area contributed by atoms with Crippen molar-refractivity contribution in [3.63, 3.8) is 0 Å². The van der Waals surface area contributed by atoms with Crippen molar-refractivity contribution < 1.29 is 14.7 Å². The molecular formula is C20H29NO3S. The zero-order valence-corrected chi connectivity index (χ0v) is 16.6. The van der Waals surface area contributed by atoms with Crippen LogP contribution in [0, 0.1) is 18.3 Å². The quantitative estimate of drug-likeness (QED) is 0.838. The molecule has 0 saturated carbocycles. The van der Waals surface area contributed by atoms with Crippen LogP contribution in [0.3, 0.4) is 0 Å². The summed E-state index contributed by atoms with van der Waals surface area (Å²) in [6, 6.07) is 7.27. The van der Waals surface area contributed by atoms with E-state index in [9.17, 15) is 14.7 Å². The number of hydrogen-bond acceptors (Lipinski definition) is 3. The van der Waals surface area contributed by atoms with Gasteiger partial charge in [-0.2, -0.15) is 0 Å². The number of carbonyl (C=O) groups is 2. The highest BCUT2D eigenvalue weighted by molar-refractivity contribution is 7.99. The van der Waals surface area contributed by atoms with Crippen LogP contribution < -0.4 is 0 Å². The van der Waals surface area contributed by atoms with Crippen LogP contribution in [0.4, 0.5) is 0 Å². The van der Waals surface area contributed by atoms with Gasteiger partial charge in [0.25, 0.3) is 0 Å². The normalized spacial score (nSPS) is 22.0. The molecule has 1 fully saturated rings. The summed E-state index contributed by atoms with van der Waals surface area (Å²) in [4.78, 5) is 26.2. The van der Waals surface area contributed by atoms with E-state index in [0.717, 1.165) is 17.5 Å². The fourth-order valence-corrected chi connectivity index (χ4v) is 4.95. The molecule has 0 bridgehead atoms. The average molecular weight is 364 g/mol. The number of carboxylic acid groups (broad SMARTS) is 1. The lowest BCUT2D eigenvalue weighted by molar-refractivity contribution is -0.149. The minimum Gasteiger partial charge on any atom is -0.480 e. The van der Waals surface area contributed by atoms with Crippen molar-refractivity contribution in [3.05, 3.63) is 35.4 Å². The third-order valence-electron chi connectivity index (χ3n) is 4.42. The molecule has 0 spiro atoms. The molecular weight excluding hydrogens is 334 g/mol. The lowest BCUT2D eigenvalue weighted by Crippen LogP contribution is -2.43. The molecule has 2 rings (SSSR count).